The van der Waals surface area contributed by atoms with Crippen molar-refractivity contribution in [2.45, 2.75) is 72.6 Å². The lowest BCUT2D eigenvalue weighted by molar-refractivity contribution is -0.116. The molecule has 3 aromatic carbocycles. The quantitative estimate of drug-likeness (QED) is 0.236. The first-order chi connectivity index (χ1) is 18.3. The van der Waals surface area contributed by atoms with Crippen LogP contribution in [0.25, 0.3) is 0 Å². The zero-order chi connectivity index (χ0) is 27.5. The van der Waals surface area contributed by atoms with Crippen LogP contribution < -0.4 is 15.1 Å². The fourth-order valence-corrected chi connectivity index (χ4v) is 4.97. The van der Waals surface area contributed by atoms with Crippen molar-refractivity contribution >= 4 is 23.0 Å². The average Bonchev–Trinajstić information content (AvgIpc) is 2.92. The number of anilines is 3. The Morgan fingerprint density at radius 1 is 0.684 bits per heavy atom. The predicted octanol–water partition coefficient (Wildman–Crippen LogP) is 8.25. The van der Waals surface area contributed by atoms with Crippen LogP contribution >= 0.6 is 0 Å². The zero-order valence-electron chi connectivity index (χ0n) is 24.3. The molecule has 204 valence electrons. The Morgan fingerprint density at radius 3 is 1.76 bits per heavy atom. The van der Waals surface area contributed by atoms with E-state index < -0.39 is 0 Å². The first-order valence-corrected chi connectivity index (χ1v) is 14.4. The Labute approximate surface area is 231 Å². The number of hydrogen-bond donors (Lipinski definition) is 1. The molecule has 1 amide bonds. The third-order valence-corrected chi connectivity index (χ3v) is 7.21. The van der Waals surface area contributed by atoms with Gasteiger partial charge in [0.2, 0.25) is 5.91 Å². The molecule has 0 fully saturated rings. The number of hydrogen-bond acceptors (Lipinski definition) is 3. The molecule has 0 saturated heterocycles. The first-order valence-electron chi connectivity index (χ1n) is 14.4. The zero-order valence-corrected chi connectivity index (χ0v) is 24.3. The summed E-state index contributed by atoms with van der Waals surface area (Å²) < 4.78 is 0. The van der Waals surface area contributed by atoms with Gasteiger partial charge < -0.3 is 15.1 Å². The lowest BCUT2D eigenvalue weighted by atomic mass is 9.92. The van der Waals surface area contributed by atoms with E-state index >= 15 is 0 Å². The maximum atomic E-state index is 13.3. The van der Waals surface area contributed by atoms with Crippen LogP contribution in [-0.2, 0) is 11.2 Å². The molecule has 0 aliphatic heterocycles. The molecule has 0 unspecified atom stereocenters. The van der Waals surface area contributed by atoms with Gasteiger partial charge >= 0.3 is 0 Å². The lowest BCUT2D eigenvalue weighted by Crippen LogP contribution is -2.37. The van der Waals surface area contributed by atoms with E-state index in [0.717, 1.165) is 38.2 Å². The molecule has 0 radical (unpaired) electrons. The molecule has 0 bridgehead atoms. The van der Waals surface area contributed by atoms with Crippen LogP contribution in [0.15, 0.2) is 72.8 Å². The Morgan fingerprint density at radius 2 is 1.24 bits per heavy atom. The SMILES string of the molecule is CCCN(CCN(CCC(=O)Nc1c(C(C)C)cccc1C(C)C)c1ccc(CC)cc1)c1ccccc1. The third kappa shape index (κ3) is 8.11. The molecule has 3 aromatic rings. The van der Waals surface area contributed by atoms with E-state index in [2.05, 4.69) is 129 Å². The Kier molecular flexibility index (Phi) is 11.3. The van der Waals surface area contributed by atoms with Gasteiger partial charge in [0.1, 0.15) is 0 Å². The fourth-order valence-electron chi connectivity index (χ4n) is 4.97. The smallest absolute Gasteiger partial charge is 0.226 e. The van der Waals surface area contributed by atoms with Crippen LogP contribution in [-0.4, -0.2) is 32.1 Å². The van der Waals surface area contributed by atoms with E-state index in [4.69, 9.17) is 0 Å². The standard InChI is InChI=1S/C34H47N3O/c1-7-22-36(29-13-10-9-11-14-29)24-25-37(30-19-17-28(8-2)18-20-30)23-21-33(38)35-34-31(26(3)4)15-12-16-32(34)27(5)6/h9-20,26-27H,7-8,21-25H2,1-6H3,(H,35,38). The number of amides is 1. The maximum absolute atomic E-state index is 13.3. The summed E-state index contributed by atoms with van der Waals surface area (Å²) in [5, 5.41) is 3.30. The molecule has 0 heterocycles. The third-order valence-electron chi connectivity index (χ3n) is 7.21. The van der Waals surface area contributed by atoms with Crippen molar-refractivity contribution in [1.29, 1.82) is 0 Å². The molecule has 0 spiro atoms. The van der Waals surface area contributed by atoms with Crippen molar-refractivity contribution in [3.8, 4) is 0 Å². The summed E-state index contributed by atoms with van der Waals surface area (Å²) in [7, 11) is 0. The van der Waals surface area contributed by atoms with Gasteiger partial charge in [0.15, 0.2) is 0 Å². The second kappa shape index (κ2) is 14.6. The monoisotopic (exact) mass is 513 g/mol. The molecular weight excluding hydrogens is 466 g/mol. The Balaban J connectivity index is 1.76. The van der Waals surface area contributed by atoms with Gasteiger partial charge in [0, 0.05) is 49.7 Å². The van der Waals surface area contributed by atoms with Gasteiger partial charge in [0.05, 0.1) is 0 Å². The van der Waals surface area contributed by atoms with E-state index in [-0.39, 0.29) is 5.91 Å². The van der Waals surface area contributed by atoms with Gasteiger partial charge in [-0.25, -0.2) is 0 Å². The number of para-hydroxylation sites is 2. The van der Waals surface area contributed by atoms with Gasteiger partial charge in [-0.1, -0.05) is 90.1 Å². The Bertz CT molecular complexity index is 1100. The van der Waals surface area contributed by atoms with Crippen molar-refractivity contribution < 1.29 is 4.79 Å². The van der Waals surface area contributed by atoms with Gasteiger partial charge in [0.25, 0.3) is 0 Å². The number of carbonyl (C=O) groups excluding carboxylic acids is 1. The van der Waals surface area contributed by atoms with E-state index in [1.165, 1.54) is 28.1 Å². The average molecular weight is 514 g/mol. The summed E-state index contributed by atoms with van der Waals surface area (Å²) in [6.45, 7) is 16.6. The minimum Gasteiger partial charge on any atom is -0.370 e. The van der Waals surface area contributed by atoms with Crippen LogP contribution in [0, 0.1) is 0 Å². The number of nitrogens with zero attached hydrogens (tertiary/aromatic N) is 2. The van der Waals surface area contributed by atoms with Crippen LogP contribution in [0.1, 0.15) is 82.9 Å². The Hall–Kier alpha value is -3.27. The fraction of sp³-hybridized carbons (Fsp3) is 0.441. The topological polar surface area (TPSA) is 35.6 Å². The summed E-state index contributed by atoms with van der Waals surface area (Å²) in [5.74, 6) is 0.767. The van der Waals surface area contributed by atoms with E-state index in [1.54, 1.807) is 0 Å². The van der Waals surface area contributed by atoms with Gasteiger partial charge in [-0.15, -0.1) is 0 Å². The van der Waals surface area contributed by atoms with Crippen molar-refractivity contribution in [3.05, 3.63) is 89.5 Å². The van der Waals surface area contributed by atoms with Gasteiger partial charge in [-0.3, -0.25) is 4.79 Å². The van der Waals surface area contributed by atoms with Gasteiger partial charge in [-0.2, -0.15) is 0 Å². The molecule has 0 saturated carbocycles. The number of nitrogens with one attached hydrogen (secondary N) is 1. The van der Waals surface area contributed by atoms with Crippen molar-refractivity contribution in [1.82, 2.24) is 0 Å². The maximum Gasteiger partial charge on any atom is 0.226 e. The summed E-state index contributed by atoms with van der Waals surface area (Å²) in [6, 6.07) is 25.8. The first kappa shape index (κ1) is 29.3. The molecule has 1 N–H and O–H groups in total. The van der Waals surface area contributed by atoms with Crippen molar-refractivity contribution in [2.75, 3.05) is 41.3 Å². The molecule has 4 nitrogen and oxygen atoms in total. The van der Waals surface area contributed by atoms with Crippen LogP contribution in [0.4, 0.5) is 17.1 Å². The highest BCUT2D eigenvalue weighted by Gasteiger charge is 2.17. The highest BCUT2D eigenvalue weighted by molar-refractivity contribution is 5.93. The highest BCUT2D eigenvalue weighted by atomic mass is 16.1. The van der Waals surface area contributed by atoms with Crippen LogP contribution in [0.5, 0.6) is 0 Å². The van der Waals surface area contributed by atoms with Crippen LogP contribution in [0.2, 0.25) is 0 Å². The minimum absolute atomic E-state index is 0.0728. The van der Waals surface area contributed by atoms with Gasteiger partial charge in [-0.05, 0) is 65.6 Å². The summed E-state index contributed by atoms with van der Waals surface area (Å²) in [6.07, 6.45) is 2.56. The van der Waals surface area contributed by atoms with E-state index in [1.807, 2.05) is 0 Å². The molecule has 0 aliphatic rings. The minimum atomic E-state index is 0.0728. The number of rotatable bonds is 14. The molecule has 0 aromatic heterocycles. The predicted molar refractivity (Wildman–Crippen MR) is 165 cm³/mol. The second-order valence-corrected chi connectivity index (χ2v) is 10.7. The number of carbonyl (C=O) groups is 1. The molecule has 0 atom stereocenters. The summed E-state index contributed by atoms with van der Waals surface area (Å²) in [5.41, 5.74) is 7.16. The van der Waals surface area contributed by atoms with Crippen molar-refractivity contribution in [3.63, 3.8) is 0 Å². The van der Waals surface area contributed by atoms with Crippen molar-refractivity contribution in [2.24, 2.45) is 0 Å². The molecule has 3 rings (SSSR count). The summed E-state index contributed by atoms with van der Waals surface area (Å²) in [4.78, 5) is 18.1. The number of aryl methyl sites for hydroxylation is 1. The molecule has 4 heteroatoms. The second-order valence-electron chi connectivity index (χ2n) is 10.7. The summed E-state index contributed by atoms with van der Waals surface area (Å²) >= 11 is 0. The molecule has 0 aliphatic carbocycles. The normalized spacial score (nSPS) is 11.2. The highest BCUT2D eigenvalue weighted by Crippen LogP contribution is 2.32. The lowest BCUT2D eigenvalue weighted by Gasteiger charge is -2.30. The molecular formula is C34H47N3O. The van der Waals surface area contributed by atoms with Crippen LogP contribution in [0.3, 0.4) is 0 Å². The van der Waals surface area contributed by atoms with E-state index in [9.17, 15) is 4.79 Å². The van der Waals surface area contributed by atoms with E-state index in [0.29, 0.717) is 24.8 Å². The number of benzene rings is 3. The largest absolute Gasteiger partial charge is 0.370 e. The molecule has 38 heavy (non-hydrogen) atoms.